The van der Waals surface area contributed by atoms with E-state index in [9.17, 15) is 8.42 Å². The molecule has 0 spiro atoms. The molecule has 13 heavy (non-hydrogen) atoms. The zero-order chi connectivity index (χ0) is 9.90. The van der Waals surface area contributed by atoms with Crippen LogP contribution in [-0.2, 0) is 10.0 Å². The van der Waals surface area contributed by atoms with Gasteiger partial charge in [0.15, 0.2) is 0 Å². The molecular formula is C8H16ClNO2S. The van der Waals surface area contributed by atoms with Gasteiger partial charge in [-0.2, -0.15) is 0 Å². The highest BCUT2D eigenvalue weighted by molar-refractivity contribution is 7.90. The lowest BCUT2D eigenvalue weighted by Gasteiger charge is -2.30. The second kappa shape index (κ2) is 4.62. The molecule has 0 heterocycles. The van der Waals surface area contributed by atoms with Crippen molar-refractivity contribution in [3.05, 3.63) is 0 Å². The predicted molar refractivity (Wildman–Crippen MR) is 54.2 cm³/mol. The monoisotopic (exact) mass is 225 g/mol. The highest BCUT2D eigenvalue weighted by Crippen LogP contribution is 2.27. The first-order chi connectivity index (χ1) is 6.10. The summed E-state index contributed by atoms with van der Waals surface area (Å²) in [5.74, 6) is 0.568. The van der Waals surface area contributed by atoms with E-state index in [-0.39, 0.29) is 5.21 Å². The maximum absolute atomic E-state index is 11.4. The van der Waals surface area contributed by atoms with Crippen LogP contribution in [0, 0.1) is 5.92 Å². The van der Waals surface area contributed by atoms with Crippen LogP contribution in [0.1, 0.15) is 26.2 Å². The first-order valence-corrected chi connectivity index (χ1v) is 6.78. The predicted octanol–water partition coefficient (Wildman–Crippen LogP) is 1.63. The topological polar surface area (TPSA) is 37.4 Å². The van der Waals surface area contributed by atoms with Crippen molar-refractivity contribution in [1.82, 2.24) is 4.31 Å². The van der Waals surface area contributed by atoms with Crippen LogP contribution in [0.2, 0.25) is 0 Å². The first-order valence-electron chi connectivity index (χ1n) is 4.64. The van der Waals surface area contributed by atoms with Gasteiger partial charge in [0.25, 0.3) is 0 Å². The first kappa shape index (κ1) is 11.3. The molecule has 78 valence electrons. The number of nitrogens with zero attached hydrogens (tertiary/aromatic N) is 1. The average Bonchev–Trinajstić information content (AvgIpc) is 2.02. The minimum Gasteiger partial charge on any atom is -0.211 e. The molecule has 0 aromatic carbocycles. The Hall–Kier alpha value is 0.200. The van der Waals surface area contributed by atoms with Crippen LogP contribution >= 0.6 is 11.6 Å². The van der Waals surface area contributed by atoms with Gasteiger partial charge in [-0.3, -0.25) is 0 Å². The Balaban J connectivity index is 2.51. The maximum Gasteiger partial charge on any atom is 0.228 e. The SMILES string of the molecule is CCN(CC1CCC1)S(=O)(=O)CCl. The lowest BCUT2D eigenvalue weighted by molar-refractivity contribution is 0.250. The van der Waals surface area contributed by atoms with Gasteiger partial charge < -0.3 is 0 Å². The summed E-state index contributed by atoms with van der Waals surface area (Å²) in [5, 5.41) is -0.298. The summed E-state index contributed by atoms with van der Waals surface area (Å²) in [5.41, 5.74) is 0. The minimum atomic E-state index is -3.18. The fourth-order valence-electron chi connectivity index (χ4n) is 1.47. The Morgan fingerprint density at radius 1 is 1.46 bits per heavy atom. The van der Waals surface area contributed by atoms with E-state index in [4.69, 9.17) is 11.6 Å². The van der Waals surface area contributed by atoms with Gasteiger partial charge in [-0.15, -0.1) is 11.6 Å². The van der Waals surface area contributed by atoms with Crippen LogP contribution in [0.3, 0.4) is 0 Å². The second-order valence-electron chi connectivity index (χ2n) is 3.47. The third-order valence-electron chi connectivity index (χ3n) is 2.57. The van der Waals surface area contributed by atoms with E-state index in [1.807, 2.05) is 6.92 Å². The molecule has 0 N–H and O–H groups in total. The van der Waals surface area contributed by atoms with Crippen LogP contribution in [0.4, 0.5) is 0 Å². The van der Waals surface area contributed by atoms with Crippen LogP contribution in [-0.4, -0.2) is 31.0 Å². The Morgan fingerprint density at radius 3 is 2.38 bits per heavy atom. The third kappa shape index (κ3) is 2.82. The van der Waals surface area contributed by atoms with Crippen molar-refractivity contribution in [1.29, 1.82) is 0 Å². The molecule has 1 fully saturated rings. The fourth-order valence-corrected chi connectivity index (χ4v) is 2.86. The number of halogens is 1. The molecule has 1 saturated carbocycles. The van der Waals surface area contributed by atoms with Crippen molar-refractivity contribution in [3.63, 3.8) is 0 Å². The van der Waals surface area contributed by atoms with Crippen molar-refractivity contribution in [2.45, 2.75) is 26.2 Å². The lowest BCUT2D eigenvalue weighted by atomic mass is 9.85. The molecule has 0 aliphatic heterocycles. The fraction of sp³-hybridized carbons (Fsp3) is 1.00. The smallest absolute Gasteiger partial charge is 0.211 e. The number of hydrogen-bond donors (Lipinski definition) is 0. The average molecular weight is 226 g/mol. The largest absolute Gasteiger partial charge is 0.228 e. The zero-order valence-corrected chi connectivity index (χ0v) is 9.44. The van der Waals surface area contributed by atoms with Gasteiger partial charge in [0.05, 0.1) is 0 Å². The third-order valence-corrected chi connectivity index (χ3v) is 4.87. The molecule has 5 heteroatoms. The van der Waals surface area contributed by atoms with Crippen molar-refractivity contribution >= 4 is 21.6 Å². The normalized spacial score (nSPS) is 19.0. The van der Waals surface area contributed by atoms with Crippen molar-refractivity contribution in [2.24, 2.45) is 5.92 Å². The summed E-state index contributed by atoms with van der Waals surface area (Å²) in [6, 6.07) is 0. The van der Waals surface area contributed by atoms with Crippen LogP contribution in [0.15, 0.2) is 0 Å². The summed E-state index contributed by atoms with van der Waals surface area (Å²) in [6.45, 7) is 3.04. The molecule has 0 unspecified atom stereocenters. The summed E-state index contributed by atoms with van der Waals surface area (Å²) >= 11 is 5.38. The summed E-state index contributed by atoms with van der Waals surface area (Å²) < 4.78 is 24.3. The molecule has 1 rings (SSSR count). The van der Waals surface area contributed by atoms with Crippen LogP contribution in [0.5, 0.6) is 0 Å². The van der Waals surface area contributed by atoms with Gasteiger partial charge in [-0.25, -0.2) is 12.7 Å². The molecule has 0 saturated heterocycles. The number of alkyl halides is 1. The van der Waals surface area contributed by atoms with E-state index in [1.54, 1.807) is 0 Å². The molecule has 1 aliphatic carbocycles. The van der Waals surface area contributed by atoms with Crippen molar-refractivity contribution < 1.29 is 8.42 Å². The summed E-state index contributed by atoms with van der Waals surface area (Å²) in [6.07, 6.45) is 3.56. The molecule has 3 nitrogen and oxygen atoms in total. The van der Waals surface area contributed by atoms with Gasteiger partial charge in [0, 0.05) is 13.1 Å². The van der Waals surface area contributed by atoms with E-state index in [0.717, 1.165) is 12.8 Å². The van der Waals surface area contributed by atoms with Crippen LogP contribution in [0.25, 0.3) is 0 Å². The van der Waals surface area contributed by atoms with Gasteiger partial charge in [0.1, 0.15) is 5.21 Å². The van der Waals surface area contributed by atoms with Crippen molar-refractivity contribution in [3.8, 4) is 0 Å². The lowest BCUT2D eigenvalue weighted by Crippen LogP contribution is -2.37. The van der Waals surface area contributed by atoms with Gasteiger partial charge >= 0.3 is 0 Å². The second-order valence-corrected chi connectivity index (χ2v) is 6.02. The molecule has 0 bridgehead atoms. The Morgan fingerprint density at radius 2 is 2.08 bits per heavy atom. The van der Waals surface area contributed by atoms with Crippen LogP contribution < -0.4 is 0 Å². The van der Waals surface area contributed by atoms with E-state index in [1.165, 1.54) is 10.7 Å². The standard InChI is InChI=1S/C8H16ClNO2S/c1-2-10(13(11,12)7-9)6-8-4-3-5-8/h8H,2-7H2,1H3. The van der Waals surface area contributed by atoms with Gasteiger partial charge in [-0.1, -0.05) is 13.3 Å². The number of rotatable bonds is 5. The highest BCUT2D eigenvalue weighted by Gasteiger charge is 2.26. The molecule has 0 radical (unpaired) electrons. The Kier molecular flexibility index (Phi) is 4.01. The quantitative estimate of drug-likeness (QED) is 0.667. The van der Waals surface area contributed by atoms with Gasteiger partial charge in [0.2, 0.25) is 10.0 Å². The molecule has 0 atom stereocenters. The van der Waals surface area contributed by atoms with E-state index in [0.29, 0.717) is 19.0 Å². The molecule has 0 aromatic rings. The zero-order valence-electron chi connectivity index (χ0n) is 7.87. The molecule has 1 aliphatic rings. The Labute approximate surface area is 85.1 Å². The van der Waals surface area contributed by atoms with E-state index >= 15 is 0 Å². The molecular weight excluding hydrogens is 210 g/mol. The summed E-state index contributed by atoms with van der Waals surface area (Å²) in [4.78, 5) is 0. The summed E-state index contributed by atoms with van der Waals surface area (Å²) in [7, 11) is -3.18. The van der Waals surface area contributed by atoms with Gasteiger partial charge in [-0.05, 0) is 18.8 Å². The maximum atomic E-state index is 11.4. The highest BCUT2D eigenvalue weighted by atomic mass is 35.5. The number of sulfonamides is 1. The molecule has 0 aromatic heterocycles. The Bertz CT molecular complexity index is 249. The van der Waals surface area contributed by atoms with E-state index < -0.39 is 10.0 Å². The van der Waals surface area contributed by atoms with E-state index in [2.05, 4.69) is 0 Å². The minimum absolute atomic E-state index is 0.298. The number of hydrogen-bond acceptors (Lipinski definition) is 2. The van der Waals surface area contributed by atoms with Crippen molar-refractivity contribution in [2.75, 3.05) is 18.3 Å². The molecule has 0 amide bonds.